The summed E-state index contributed by atoms with van der Waals surface area (Å²) in [7, 11) is 0. The molecule has 1 saturated carbocycles. The van der Waals surface area contributed by atoms with Gasteiger partial charge in [-0.05, 0) is 48.0 Å². The molecule has 3 rings (SSSR count). The van der Waals surface area contributed by atoms with Crippen molar-refractivity contribution >= 4 is 17.7 Å². The van der Waals surface area contributed by atoms with E-state index in [0.717, 1.165) is 12.8 Å². The van der Waals surface area contributed by atoms with Crippen LogP contribution < -0.4 is 0 Å². The molecule has 0 saturated heterocycles. The van der Waals surface area contributed by atoms with Crippen molar-refractivity contribution < 1.29 is 9.90 Å². The van der Waals surface area contributed by atoms with Gasteiger partial charge < -0.3 is 5.11 Å². The van der Waals surface area contributed by atoms with Gasteiger partial charge in [-0.1, -0.05) is 0 Å². The van der Waals surface area contributed by atoms with E-state index >= 15 is 0 Å². The second-order valence-corrected chi connectivity index (χ2v) is 5.16. The molecule has 1 aliphatic carbocycles. The van der Waals surface area contributed by atoms with Crippen LogP contribution in [0.15, 0.2) is 16.4 Å². The van der Waals surface area contributed by atoms with Crippen molar-refractivity contribution in [2.24, 2.45) is 0 Å². The van der Waals surface area contributed by atoms with Gasteiger partial charge in [-0.25, -0.2) is 19.4 Å². The maximum Gasteiger partial charge on any atom is 0.354 e. The molecule has 1 fully saturated rings. The van der Waals surface area contributed by atoms with Crippen molar-refractivity contribution in [3.05, 3.63) is 17.5 Å². The zero-order valence-corrected chi connectivity index (χ0v) is 10.8. The lowest BCUT2D eigenvalue weighted by Crippen LogP contribution is -2.05. The second-order valence-electron chi connectivity index (χ2n) is 4.22. The van der Waals surface area contributed by atoms with Crippen molar-refractivity contribution in [3.63, 3.8) is 0 Å². The van der Waals surface area contributed by atoms with Crippen LogP contribution in [0.1, 0.15) is 35.1 Å². The molecule has 1 aliphatic rings. The lowest BCUT2D eigenvalue weighted by atomic mass is 10.3. The Balaban J connectivity index is 1.90. The number of hydrogen-bond donors (Lipinski definition) is 1. The molecule has 0 bridgehead atoms. The summed E-state index contributed by atoms with van der Waals surface area (Å²) in [5.74, 6) is -1.07. The minimum atomic E-state index is -1.07. The molecular formula is C10H10N6O2S. The molecule has 1 N–H and O–H groups in total. The van der Waals surface area contributed by atoms with Gasteiger partial charge in [-0.15, -0.1) is 5.10 Å². The number of carbonyl (C=O) groups is 1. The Morgan fingerprint density at radius 2 is 2.26 bits per heavy atom. The summed E-state index contributed by atoms with van der Waals surface area (Å²) in [4.78, 5) is 19.1. The molecule has 98 valence electrons. The Kier molecular flexibility index (Phi) is 2.90. The van der Waals surface area contributed by atoms with E-state index in [1.165, 1.54) is 17.8 Å². The van der Waals surface area contributed by atoms with Gasteiger partial charge in [0, 0.05) is 5.69 Å². The molecular weight excluding hydrogens is 268 g/mol. The first-order valence-corrected chi connectivity index (χ1v) is 6.50. The van der Waals surface area contributed by atoms with Crippen LogP contribution in [0.2, 0.25) is 0 Å². The van der Waals surface area contributed by atoms with Crippen molar-refractivity contribution in [2.45, 2.75) is 36.1 Å². The summed E-state index contributed by atoms with van der Waals surface area (Å²) in [6.45, 7) is 1.72. The van der Waals surface area contributed by atoms with Crippen LogP contribution >= 0.6 is 11.8 Å². The number of carboxylic acids is 1. The van der Waals surface area contributed by atoms with Crippen LogP contribution in [0.4, 0.5) is 0 Å². The fourth-order valence-electron chi connectivity index (χ4n) is 1.58. The fraction of sp³-hybridized carbons (Fsp3) is 0.400. The van der Waals surface area contributed by atoms with E-state index in [0.29, 0.717) is 22.0 Å². The average molecular weight is 278 g/mol. The highest BCUT2D eigenvalue weighted by atomic mass is 32.2. The summed E-state index contributed by atoms with van der Waals surface area (Å²) in [5, 5.41) is 21.4. The number of hydrogen-bond acceptors (Lipinski definition) is 7. The lowest BCUT2D eigenvalue weighted by molar-refractivity contribution is 0.0689. The van der Waals surface area contributed by atoms with Crippen molar-refractivity contribution in [1.82, 2.24) is 30.2 Å². The standard InChI is InChI=1S/C10H10N6O2S/c1-5-4-7(8(17)18)12-9(11-5)19-10-13-14-15-16(10)6-2-3-6/h4,6H,2-3H2,1H3,(H,17,18). The molecule has 0 spiro atoms. The molecule has 19 heavy (non-hydrogen) atoms. The average Bonchev–Trinajstić information content (AvgIpc) is 3.10. The Morgan fingerprint density at radius 1 is 1.47 bits per heavy atom. The van der Waals surface area contributed by atoms with Crippen LogP contribution in [0, 0.1) is 6.92 Å². The van der Waals surface area contributed by atoms with Gasteiger partial charge >= 0.3 is 5.97 Å². The van der Waals surface area contributed by atoms with Gasteiger partial charge in [0.15, 0.2) is 10.9 Å². The van der Waals surface area contributed by atoms with Crippen LogP contribution in [-0.4, -0.2) is 41.3 Å². The normalized spacial score (nSPS) is 14.6. The smallest absolute Gasteiger partial charge is 0.354 e. The molecule has 9 heteroatoms. The summed E-state index contributed by atoms with van der Waals surface area (Å²) in [6.07, 6.45) is 2.13. The van der Waals surface area contributed by atoms with Gasteiger partial charge in [0.1, 0.15) is 0 Å². The van der Waals surface area contributed by atoms with Gasteiger partial charge in [-0.2, -0.15) is 0 Å². The van der Waals surface area contributed by atoms with E-state index in [9.17, 15) is 4.79 Å². The minimum absolute atomic E-state index is 0.0274. The maximum absolute atomic E-state index is 10.9. The molecule has 2 heterocycles. The van der Waals surface area contributed by atoms with Crippen molar-refractivity contribution in [2.75, 3.05) is 0 Å². The topological polar surface area (TPSA) is 107 Å². The summed E-state index contributed by atoms with van der Waals surface area (Å²) >= 11 is 1.18. The molecule has 8 nitrogen and oxygen atoms in total. The van der Waals surface area contributed by atoms with E-state index in [-0.39, 0.29) is 5.69 Å². The SMILES string of the molecule is Cc1cc(C(=O)O)nc(Sc2nnnn2C2CC2)n1. The van der Waals surface area contributed by atoms with E-state index in [2.05, 4.69) is 25.5 Å². The van der Waals surface area contributed by atoms with Gasteiger partial charge in [0.05, 0.1) is 6.04 Å². The summed E-state index contributed by atoms with van der Waals surface area (Å²) in [5.41, 5.74) is 0.570. The van der Waals surface area contributed by atoms with E-state index < -0.39 is 5.97 Å². The molecule has 2 aromatic heterocycles. The van der Waals surface area contributed by atoms with Gasteiger partial charge in [0.25, 0.3) is 0 Å². The van der Waals surface area contributed by atoms with E-state index in [4.69, 9.17) is 5.11 Å². The number of aromatic carboxylic acids is 1. The first kappa shape index (κ1) is 12.0. The number of carboxylic acid groups (broad SMARTS) is 1. The monoisotopic (exact) mass is 278 g/mol. The fourth-order valence-corrected chi connectivity index (χ4v) is 2.43. The molecule has 0 atom stereocenters. The Bertz CT molecular complexity index is 639. The quantitative estimate of drug-likeness (QED) is 0.824. The minimum Gasteiger partial charge on any atom is -0.477 e. The largest absolute Gasteiger partial charge is 0.477 e. The zero-order chi connectivity index (χ0) is 13.4. The maximum atomic E-state index is 10.9. The number of nitrogens with zero attached hydrogens (tertiary/aromatic N) is 6. The third-order valence-electron chi connectivity index (χ3n) is 2.59. The number of rotatable bonds is 4. The molecule has 0 aliphatic heterocycles. The van der Waals surface area contributed by atoms with Crippen LogP contribution in [0.3, 0.4) is 0 Å². The van der Waals surface area contributed by atoms with E-state index in [1.807, 2.05) is 0 Å². The third kappa shape index (κ3) is 2.55. The van der Waals surface area contributed by atoms with Crippen LogP contribution in [0.5, 0.6) is 0 Å². The Hall–Kier alpha value is -2.03. The Morgan fingerprint density at radius 3 is 2.95 bits per heavy atom. The highest BCUT2D eigenvalue weighted by Gasteiger charge is 2.28. The second kappa shape index (κ2) is 4.57. The number of aromatic nitrogens is 6. The zero-order valence-electron chi connectivity index (χ0n) is 10.0. The molecule has 2 aromatic rings. The van der Waals surface area contributed by atoms with Crippen molar-refractivity contribution in [1.29, 1.82) is 0 Å². The number of tetrazole rings is 1. The lowest BCUT2D eigenvalue weighted by Gasteiger charge is -2.03. The highest BCUT2D eigenvalue weighted by Crippen LogP contribution is 2.37. The van der Waals surface area contributed by atoms with Crippen LogP contribution in [0.25, 0.3) is 0 Å². The van der Waals surface area contributed by atoms with Crippen molar-refractivity contribution in [3.8, 4) is 0 Å². The summed E-state index contributed by atoms with van der Waals surface area (Å²) < 4.78 is 1.73. The Labute approximate surface area is 112 Å². The summed E-state index contributed by atoms with van der Waals surface area (Å²) in [6, 6.07) is 1.78. The molecule has 0 aromatic carbocycles. The van der Waals surface area contributed by atoms with E-state index in [1.54, 1.807) is 11.6 Å². The predicted octanol–water partition coefficient (Wildman–Crippen LogP) is 0.956. The first-order valence-electron chi connectivity index (χ1n) is 5.68. The van der Waals surface area contributed by atoms with Gasteiger partial charge in [-0.3, -0.25) is 0 Å². The first-order chi connectivity index (χ1) is 9.13. The third-order valence-corrected chi connectivity index (χ3v) is 3.41. The molecule has 0 unspecified atom stereocenters. The van der Waals surface area contributed by atoms with Crippen LogP contribution in [-0.2, 0) is 0 Å². The molecule has 0 amide bonds. The molecule has 0 radical (unpaired) electrons. The predicted molar refractivity (Wildman–Crippen MR) is 63.9 cm³/mol. The highest BCUT2D eigenvalue weighted by molar-refractivity contribution is 7.99. The van der Waals surface area contributed by atoms with Gasteiger partial charge in [0.2, 0.25) is 5.16 Å². The number of aryl methyl sites for hydroxylation is 1.